The SMILES string of the molecule is O=C(COc1ccc([N+](=O)[O-])cc1)Nc1ccc(Cl)cc1[C@H](O)c1ccccc1. The van der Waals surface area contributed by atoms with Crippen LogP contribution >= 0.6 is 11.6 Å². The maximum Gasteiger partial charge on any atom is 0.269 e. The Kier molecular flexibility index (Phi) is 6.43. The molecule has 0 fully saturated rings. The predicted molar refractivity (Wildman–Crippen MR) is 109 cm³/mol. The lowest BCUT2D eigenvalue weighted by Gasteiger charge is -2.17. The number of nitro groups is 1. The summed E-state index contributed by atoms with van der Waals surface area (Å²) < 4.78 is 5.36. The summed E-state index contributed by atoms with van der Waals surface area (Å²) in [5, 5.41) is 24.5. The Bertz CT molecular complexity index is 1010. The second-order valence-electron chi connectivity index (χ2n) is 6.13. The standard InChI is InChI=1S/C21H17ClN2O5/c22-15-6-11-19(18(12-15)21(26)14-4-2-1-3-5-14)23-20(25)13-29-17-9-7-16(8-10-17)24(27)28/h1-12,21,26H,13H2,(H,23,25)/t21-/m1/s1. The summed E-state index contributed by atoms with van der Waals surface area (Å²) in [6, 6.07) is 19.2. The molecule has 0 bridgehead atoms. The summed E-state index contributed by atoms with van der Waals surface area (Å²) in [5.41, 5.74) is 1.45. The van der Waals surface area contributed by atoms with Gasteiger partial charge >= 0.3 is 0 Å². The average Bonchev–Trinajstić information content (AvgIpc) is 2.74. The quantitative estimate of drug-likeness (QED) is 0.443. The van der Waals surface area contributed by atoms with Crippen molar-refractivity contribution in [3.05, 3.63) is 99.1 Å². The Balaban J connectivity index is 1.69. The summed E-state index contributed by atoms with van der Waals surface area (Å²) in [4.78, 5) is 22.4. The lowest BCUT2D eigenvalue weighted by atomic mass is 10.00. The molecule has 29 heavy (non-hydrogen) atoms. The van der Waals surface area contributed by atoms with E-state index in [-0.39, 0.29) is 12.3 Å². The second-order valence-corrected chi connectivity index (χ2v) is 6.57. The van der Waals surface area contributed by atoms with Gasteiger partial charge in [0.25, 0.3) is 11.6 Å². The zero-order valence-corrected chi connectivity index (χ0v) is 15.9. The van der Waals surface area contributed by atoms with E-state index in [0.29, 0.717) is 27.6 Å². The first-order valence-electron chi connectivity index (χ1n) is 8.63. The number of hydrogen-bond donors (Lipinski definition) is 2. The maximum absolute atomic E-state index is 12.3. The minimum Gasteiger partial charge on any atom is -0.484 e. The number of carbonyl (C=O) groups excluding carboxylic acids is 1. The summed E-state index contributed by atoms with van der Waals surface area (Å²) in [6.45, 7) is -0.304. The predicted octanol–water partition coefficient (Wildman–Crippen LogP) is 4.35. The first-order chi connectivity index (χ1) is 13.9. The molecule has 0 aliphatic carbocycles. The van der Waals surface area contributed by atoms with E-state index >= 15 is 0 Å². The van der Waals surface area contributed by atoms with Crippen molar-refractivity contribution in [2.45, 2.75) is 6.10 Å². The average molecular weight is 413 g/mol. The van der Waals surface area contributed by atoms with Crippen molar-refractivity contribution >= 4 is 28.9 Å². The van der Waals surface area contributed by atoms with Gasteiger partial charge in [0.15, 0.2) is 6.61 Å². The molecule has 1 atom stereocenters. The third-order valence-electron chi connectivity index (χ3n) is 4.12. The Hall–Kier alpha value is -3.42. The fraction of sp³-hybridized carbons (Fsp3) is 0.0952. The van der Waals surface area contributed by atoms with Crippen LogP contribution in [0.3, 0.4) is 0 Å². The van der Waals surface area contributed by atoms with Gasteiger partial charge in [-0.3, -0.25) is 14.9 Å². The molecule has 148 valence electrons. The van der Waals surface area contributed by atoms with Gasteiger partial charge < -0.3 is 15.2 Å². The van der Waals surface area contributed by atoms with Crippen LogP contribution in [0.5, 0.6) is 5.75 Å². The summed E-state index contributed by atoms with van der Waals surface area (Å²) >= 11 is 6.06. The number of ether oxygens (including phenoxy) is 1. The lowest BCUT2D eigenvalue weighted by molar-refractivity contribution is -0.384. The number of aliphatic hydroxyl groups is 1. The number of nitrogens with one attached hydrogen (secondary N) is 1. The smallest absolute Gasteiger partial charge is 0.269 e. The van der Waals surface area contributed by atoms with Crippen LogP contribution in [-0.4, -0.2) is 22.5 Å². The van der Waals surface area contributed by atoms with Gasteiger partial charge in [0.05, 0.1) is 4.92 Å². The first kappa shape index (κ1) is 20.3. The number of carbonyl (C=O) groups is 1. The minimum absolute atomic E-state index is 0.0671. The van der Waals surface area contributed by atoms with Crippen LogP contribution in [0.1, 0.15) is 17.2 Å². The van der Waals surface area contributed by atoms with Crippen molar-refractivity contribution in [2.24, 2.45) is 0 Å². The molecule has 2 N–H and O–H groups in total. The Morgan fingerprint density at radius 1 is 1.10 bits per heavy atom. The number of nitro benzene ring substituents is 1. The summed E-state index contributed by atoms with van der Waals surface area (Å²) in [6.07, 6.45) is -0.971. The van der Waals surface area contributed by atoms with Crippen molar-refractivity contribution in [3.63, 3.8) is 0 Å². The van der Waals surface area contributed by atoms with E-state index in [4.69, 9.17) is 16.3 Å². The molecule has 7 nitrogen and oxygen atoms in total. The molecule has 1 amide bonds. The summed E-state index contributed by atoms with van der Waals surface area (Å²) in [5.74, 6) is -0.126. The number of aliphatic hydroxyl groups excluding tert-OH is 1. The first-order valence-corrected chi connectivity index (χ1v) is 9.01. The number of rotatable bonds is 7. The number of amides is 1. The highest BCUT2D eigenvalue weighted by molar-refractivity contribution is 6.30. The highest BCUT2D eigenvalue weighted by atomic mass is 35.5. The number of halogens is 1. The van der Waals surface area contributed by atoms with E-state index in [1.807, 2.05) is 6.07 Å². The van der Waals surface area contributed by atoms with Gasteiger partial charge in [-0.25, -0.2) is 0 Å². The van der Waals surface area contributed by atoms with Crippen LogP contribution < -0.4 is 10.1 Å². The minimum atomic E-state index is -0.971. The van der Waals surface area contributed by atoms with Crippen molar-refractivity contribution < 1.29 is 19.6 Å². The van der Waals surface area contributed by atoms with E-state index in [2.05, 4.69) is 5.32 Å². The van der Waals surface area contributed by atoms with Gasteiger partial charge in [-0.15, -0.1) is 0 Å². The van der Waals surface area contributed by atoms with E-state index in [9.17, 15) is 20.0 Å². The zero-order chi connectivity index (χ0) is 20.8. The molecule has 3 aromatic carbocycles. The fourth-order valence-electron chi connectivity index (χ4n) is 2.69. The Morgan fingerprint density at radius 3 is 2.45 bits per heavy atom. The van der Waals surface area contributed by atoms with E-state index < -0.39 is 16.9 Å². The topological polar surface area (TPSA) is 102 Å². The van der Waals surface area contributed by atoms with E-state index in [1.165, 1.54) is 24.3 Å². The van der Waals surface area contributed by atoms with Gasteiger partial charge in [-0.2, -0.15) is 0 Å². The Labute approximate surface area is 171 Å². The third-order valence-corrected chi connectivity index (χ3v) is 4.35. The molecule has 0 heterocycles. The van der Waals surface area contributed by atoms with Gasteiger partial charge in [0.2, 0.25) is 0 Å². The molecule has 8 heteroatoms. The lowest BCUT2D eigenvalue weighted by Crippen LogP contribution is -2.21. The molecule has 0 aliphatic rings. The van der Waals surface area contributed by atoms with Crippen LogP contribution in [0.4, 0.5) is 11.4 Å². The number of non-ortho nitro benzene ring substituents is 1. The third kappa shape index (κ3) is 5.31. The van der Waals surface area contributed by atoms with Gasteiger partial charge in [0, 0.05) is 28.4 Å². The van der Waals surface area contributed by atoms with Crippen LogP contribution in [0.2, 0.25) is 5.02 Å². The second kappa shape index (κ2) is 9.18. The molecule has 0 saturated heterocycles. The van der Waals surface area contributed by atoms with E-state index in [0.717, 1.165) is 0 Å². The monoisotopic (exact) mass is 412 g/mol. The molecule has 0 radical (unpaired) electrons. The van der Waals surface area contributed by atoms with Crippen molar-refractivity contribution in [1.82, 2.24) is 0 Å². The molecule has 0 aromatic heterocycles. The molecular formula is C21H17ClN2O5. The van der Waals surface area contributed by atoms with Crippen LogP contribution in [0.15, 0.2) is 72.8 Å². The van der Waals surface area contributed by atoms with Crippen molar-refractivity contribution in [3.8, 4) is 5.75 Å². The maximum atomic E-state index is 12.3. The molecule has 3 aromatic rings. The van der Waals surface area contributed by atoms with Crippen LogP contribution in [0, 0.1) is 10.1 Å². The van der Waals surface area contributed by atoms with Gasteiger partial charge in [0.1, 0.15) is 11.9 Å². The van der Waals surface area contributed by atoms with Gasteiger partial charge in [-0.05, 0) is 35.9 Å². The number of benzene rings is 3. The summed E-state index contributed by atoms with van der Waals surface area (Å²) in [7, 11) is 0. The largest absolute Gasteiger partial charge is 0.484 e. The molecule has 0 aliphatic heterocycles. The highest BCUT2D eigenvalue weighted by Crippen LogP contribution is 2.31. The van der Waals surface area contributed by atoms with Gasteiger partial charge in [-0.1, -0.05) is 41.9 Å². The number of hydrogen-bond acceptors (Lipinski definition) is 5. The molecular weight excluding hydrogens is 396 g/mol. The van der Waals surface area contributed by atoms with E-state index in [1.54, 1.807) is 42.5 Å². The zero-order valence-electron chi connectivity index (χ0n) is 15.1. The fourth-order valence-corrected chi connectivity index (χ4v) is 2.87. The normalized spacial score (nSPS) is 11.5. The molecule has 3 rings (SSSR count). The Morgan fingerprint density at radius 2 is 1.79 bits per heavy atom. The molecule has 0 spiro atoms. The highest BCUT2D eigenvalue weighted by Gasteiger charge is 2.17. The van der Waals surface area contributed by atoms with Crippen LogP contribution in [0.25, 0.3) is 0 Å². The number of anilines is 1. The molecule has 0 unspecified atom stereocenters. The van der Waals surface area contributed by atoms with Crippen LogP contribution in [-0.2, 0) is 4.79 Å². The number of nitrogens with zero attached hydrogens (tertiary/aromatic N) is 1. The molecule has 0 saturated carbocycles. The van der Waals surface area contributed by atoms with Crippen molar-refractivity contribution in [2.75, 3.05) is 11.9 Å². The van der Waals surface area contributed by atoms with Crippen molar-refractivity contribution in [1.29, 1.82) is 0 Å².